The van der Waals surface area contributed by atoms with Crippen LogP contribution >= 0.6 is 11.6 Å². The van der Waals surface area contributed by atoms with E-state index in [-0.39, 0.29) is 12.5 Å². The number of hydrogen-bond acceptors (Lipinski definition) is 2. The van der Waals surface area contributed by atoms with Gasteiger partial charge < -0.3 is 15.6 Å². The molecule has 106 valence electrons. The van der Waals surface area contributed by atoms with Crippen LogP contribution in [0.25, 0.3) is 10.9 Å². The monoisotopic (exact) mass is 299 g/mol. The minimum absolute atomic E-state index is 0.149. The van der Waals surface area contributed by atoms with Crippen molar-refractivity contribution in [3.05, 3.63) is 59.8 Å². The number of nitrogens with two attached hydrogens (primary N) is 1. The molecule has 0 unspecified atom stereocenters. The van der Waals surface area contributed by atoms with Crippen LogP contribution < -0.4 is 11.1 Å². The van der Waals surface area contributed by atoms with Crippen molar-refractivity contribution >= 4 is 39.8 Å². The Morgan fingerprint density at radius 1 is 1.14 bits per heavy atom. The maximum absolute atomic E-state index is 12.2. The van der Waals surface area contributed by atoms with Crippen LogP contribution in [0.5, 0.6) is 0 Å². The van der Waals surface area contributed by atoms with E-state index in [9.17, 15) is 4.79 Å². The van der Waals surface area contributed by atoms with Gasteiger partial charge in [-0.15, -0.1) is 0 Å². The summed E-state index contributed by atoms with van der Waals surface area (Å²) in [6.07, 6.45) is 1.85. The second-order valence-corrected chi connectivity index (χ2v) is 5.16. The third-order valence-electron chi connectivity index (χ3n) is 3.28. The van der Waals surface area contributed by atoms with Crippen LogP contribution in [0.4, 0.5) is 11.4 Å². The summed E-state index contributed by atoms with van der Waals surface area (Å²) >= 11 is 6.03. The van der Waals surface area contributed by atoms with Crippen LogP contribution in [-0.4, -0.2) is 10.5 Å². The minimum Gasteiger partial charge on any atom is -0.397 e. The highest BCUT2D eigenvalue weighted by Crippen LogP contribution is 2.23. The highest BCUT2D eigenvalue weighted by molar-refractivity contribution is 6.33. The fourth-order valence-corrected chi connectivity index (χ4v) is 2.51. The van der Waals surface area contributed by atoms with Crippen LogP contribution in [0.2, 0.25) is 5.02 Å². The number of halogens is 1. The van der Waals surface area contributed by atoms with Gasteiger partial charge in [0.25, 0.3) is 0 Å². The van der Waals surface area contributed by atoms with Crippen molar-refractivity contribution in [3.8, 4) is 0 Å². The summed E-state index contributed by atoms with van der Waals surface area (Å²) < 4.78 is 1.83. The Morgan fingerprint density at radius 3 is 2.76 bits per heavy atom. The van der Waals surface area contributed by atoms with Crippen molar-refractivity contribution in [1.82, 2.24) is 4.57 Å². The van der Waals surface area contributed by atoms with E-state index in [1.807, 2.05) is 47.2 Å². The van der Waals surface area contributed by atoms with Gasteiger partial charge in [0.2, 0.25) is 5.91 Å². The Balaban J connectivity index is 1.83. The van der Waals surface area contributed by atoms with E-state index < -0.39 is 0 Å². The van der Waals surface area contributed by atoms with Gasteiger partial charge in [-0.3, -0.25) is 4.79 Å². The number of fused-ring (bicyclic) bond motifs is 1. The van der Waals surface area contributed by atoms with Crippen molar-refractivity contribution in [3.63, 3.8) is 0 Å². The van der Waals surface area contributed by atoms with E-state index in [1.165, 1.54) is 0 Å². The third-order valence-corrected chi connectivity index (χ3v) is 3.61. The Morgan fingerprint density at radius 2 is 1.95 bits per heavy atom. The standard InChI is InChI=1S/C16H14ClN3O/c17-12-5-1-2-7-14(12)19-15(21)10-20-9-8-11-4-3-6-13(18)16(11)20/h1-9H,10,18H2,(H,19,21). The van der Waals surface area contributed by atoms with E-state index >= 15 is 0 Å². The van der Waals surface area contributed by atoms with Crippen LogP contribution in [0.1, 0.15) is 0 Å². The van der Waals surface area contributed by atoms with E-state index in [0.29, 0.717) is 16.4 Å². The second kappa shape index (κ2) is 5.50. The Kier molecular flexibility index (Phi) is 3.54. The molecule has 0 saturated carbocycles. The second-order valence-electron chi connectivity index (χ2n) is 4.76. The molecular formula is C16H14ClN3O. The number of nitrogens with one attached hydrogen (secondary N) is 1. The maximum Gasteiger partial charge on any atom is 0.244 e. The number of anilines is 2. The largest absolute Gasteiger partial charge is 0.397 e. The molecule has 1 amide bonds. The number of amides is 1. The minimum atomic E-state index is -0.149. The Labute approximate surface area is 127 Å². The lowest BCUT2D eigenvalue weighted by molar-refractivity contribution is -0.116. The van der Waals surface area contributed by atoms with Gasteiger partial charge in [0.15, 0.2) is 0 Å². The van der Waals surface area contributed by atoms with E-state index in [2.05, 4.69) is 5.32 Å². The number of hydrogen-bond donors (Lipinski definition) is 2. The molecule has 0 aliphatic rings. The molecule has 1 heterocycles. The van der Waals surface area contributed by atoms with Gasteiger partial charge in [0.1, 0.15) is 6.54 Å². The summed E-state index contributed by atoms with van der Waals surface area (Å²) in [5, 5.41) is 4.33. The number of nitrogens with zero attached hydrogens (tertiary/aromatic N) is 1. The fourth-order valence-electron chi connectivity index (χ4n) is 2.33. The molecule has 0 atom stereocenters. The molecule has 0 bridgehead atoms. The molecule has 0 spiro atoms. The molecule has 0 radical (unpaired) electrons. The summed E-state index contributed by atoms with van der Waals surface area (Å²) in [6.45, 7) is 0.183. The van der Waals surface area contributed by atoms with E-state index in [4.69, 9.17) is 17.3 Å². The zero-order chi connectivity index (χ0) is 14.8. The van der Waals surface area contributed by atoms with Crippen LogP contribution in [0, 0.1) is 0 Å². The van der Waals surface area contributed by atoms with Gasteiger partial charge in [-0.25, -0.2) is 0 Å². The predicted octanol–water partition coefficient (Wildman–Crippen LogP) is 3.52. The van der Waals surface area contributed by atoms with Crippen LogP contribution in [0.15, 0.2) is 54.7 Å². The van der Waals surface area contributed by atoms with Gasteiger partial charge in [-0.2, -0.15) is 0 Å². The molecule has 3 rings (SSSR count). The molecule has 5 heteroatoms. The van der Waals surface area contributed by atoms with Gasteiger partial charge >= 0.3 is 0 Å². The average Bonchev–Trinajstić information content (AvgIpc) is 2.86. The van der Waals surface area contributed by atoms with Gasteiger partial charge in [-0.05, 0) is 24.3 Å². The van der Waals surface area contributed by atoms with Gasteiger partial charge in [0.05, 0.1) is 21.9 Å². The predicted molar refractivity (Wildman–Crippen MR) is 86.4 cm³/mol. The van der Waals surface area contributed by atoms with Crippen LogP contribution in [-0.2, 0) is 11.3 Å². The lowest BCUT2D eigenvalue weighted by Crippen LogP contribution is -2.18. The first-order chi connectivity index (χ1) is 10.1. The first-order valence-corrected chi connectivity index (χ1v) is 6.90. The molecule has 0 aliphatic heterocycles. The Hall–Kier alpha value is -2.46. The topological polar surface area (TPSA) is 60.0 Å². The number of rotatable bonds is 3. The first kappa shape index (κ1) is 13.5. The summed E-state index contributed by atoms with van der Waals surface area (Å²) in [7, 11) is 0. The highest BCUT2D eigenvalue weighted by Gasteiger charge is 2.09. The molecule has 0 aliphatic carbocycles. The fraction of sp³-hybridized carbons (Fsp3) is 0.0625. The number of para-hydroxylation sites is 2. The summed E-state index contributed by atoms with van der Waals surface area (Å²) in [6, 6.07) is 14.8. The number of carbonyl (C=O) groups is 1. The first-order valence-electron chi connectivity index (χ1n) is 6.53. The van der Waals surface area contributed by atoms with Crippen molar-refractivity contribution in [2.75, 3.05) is 11.1 Å². The Bertz CT molecular complexity index is 810. The van der Waals surface area contributed by atoms with Gasteiger partial charge in [-0.1, -0.05) is 35.9 Å². The van der Waals surface area contributed by atoms with Crippen molar-refractivity contribution in [2.45, 2.75) is 6.54 Å². The smallest absolute Gasteiger partial charge is 0.244 e. The molecule has 0 saturated heterocycles. The van der Waals surface area contributed by atoms with Crippen LogP contribution in [0.3, 0.4) is 0 Å². The lowest BCUT2D eigenvalue weighted by atomic mass is 10.2. The summed E-state index contributed by atoms with van der Waals surface area (Å²) in [5.74, 6) is -0.149. The molecule has 3 N–H and O–H groups in total. The number of nitrogen functional groups attached to an aromatic ring is 1. The quantitative estimate of drug-likeness (QED) is 0.727. The summed E-state index contributed by atoms with van der Waals surface area (Å²) in [4.78, 5) is 12.2. The molecule has 2 aromatic carbocycles. The number of carbonyl (C=O) groups excluding carboxylic acids is 1. The zero-order valence-corrected chi connectivity index (χ0v) is 12.0. The third kappa shape index (κ3) is 2.71. The SMILES string of the molecule is Nc1cccc2ccn(CC(=O)Nc3ccccc3Cl)c12. The molecule has 3 aromatic rings. The highest BCUT2D eigenvalue weighted by atomic mass is 35.5. The van der Waals surface area contributed by atoms with E-state index in [0.717, 1.165) is 10.9 Å². The van der Waals surface area contributed by atoms with Gasteiger partial charge in [0, 0.05) is 11.6 Å². The normalized spacial score (nSPS) is 10.7. The average molecular weight is 300 g/mol. The molecule has 4 nitrogen and oxygen atoms in total. The number of benzene rings is 2. The molecule has 0 fully saturated rings. The maximum atomic E-state index is 12.2. The molecular weight excluding hydrogens is 286 g/mol. The van der Waals surface area contributed by atoms with Crippen molar-refractivity contribution in [2.24, 2.45) is 0 Å². The van der Waals surface area contributed by atoms with Crippen molar-refractivity contribution < 1.29 is 4.79 Å². The lowest BCUT2D eigenvalue weighted by Gasteiger charge is -2.09. The number of aromatic nitrogens is 1. The summed E-state index contributed by atoms with van der Waals surface area (Å²) in [5.41, 5.74) is 8.11. The zero-order valence-electron chi connectivity index (χ0n) is 11.2. The van der Waals surface area contributed by atoms with E-state index in [1.54, 1.807) is 12.1 Å². The molecule has 1 aromatic heterocycles. The van der Waals surface area contributed by atoms with Crippen molar-refractivity contribution in [1.29, 1.82) is 0 Å². The molecule has 21 heavy (non-hydrogen) atoms.